The monoisotopic (exact) mass is 327 g/mol. The third-order valence-electron chi connectivity index (χ3n) is 4.31. The molecule has 0 aliphatic heterocycles. The molecular weight excluding hydrogens is 314 g/mol. The molecule has 1 aromatic heterocycles. The van der Waals surface area contributed by atoms with Gasteiger partial charge in [-0.1, -0.05) is 46.6 Å². The van der Waals surface area contributed by atoms with Crippen molar-refractivity contribution >= 4 is 27.0 Å². The maximum atomic E-state index is 6.04. The number of fused-ring (bicyclic) bond motifs is 1. The van der Waals surface area contributed by atoms with Gasteiger partial charge in [0.25, 0.3) is 0 Å². The van der Waals surface area contributed by atoms with Gasteiger partial charge in [0.05, 0.1) is 5.41 Å². The van der Waals surface area contributed by atoms with Gasteiger partial charge in [0.2, 0.25) is 5.89 Å². The normalized spacial score (nSPS) is 17.1. The van der Waals surface area contributed by atoms with Crippen molar-refractivity contribution in [2.45, 2.75) is 24.7 Å². The molecule has 3 heteroatoms. The Morgan fingerprint density at radius 3 is 2.40 bits per heavy atom. The highest BCUT2D eigenvalue weighted by Gasteiger charge is 2.44. The lowest BCUT2D eigenvalue weighted by Crippen LogP contribution is -2.35. The number of benzene rings is 2. The molecule has 0 unspecified atom stereocenters. The Labute approximate surface area is 126 Å². The van der Waals surface area contributed by atoms with Crippen molar-refractivity contribution in [3.8, 4) is 0 Å². The maximum Gasteiger partial charge on any atom is 0.206 e. The minimum Gasteiger partial charge on any atom is -0.440 e. The summed E-state index contributed by atoms with van der Waals surface area (Å²) in [6.07, 6.45) is 3.46. The molecule has 4 rings (SSSR count). The Kier molecular flexibility index (Phi) is 2.71. The van der Waals surface area contributed by atoms with Crippen molar-refractivity contribution in [1.82, 2.24) is 4.98 Å². The van der Waals surface area contributed by atoms with E-state index in [-0.39, 0.29) is 5.41 Å². The first-order valence-corrected chi connectivity index (χ1v) is 7.69. The molecule has 1 fully saturated rings. The summed E-state index contributed by atoms with van der Waals surface area (Å²) in [5.74, 6) is 0.868. The van der Waals surface area contributed by atoms with Crippen molar-refractivity contribution in [3.05, 3.63) is 64.5 Å². The number of para-hydroxylation sites is 2. The largest absolute Gasteiger partial charge is 0.440 e. The number of nitrogens with zero attached hydrogens (tertiary/aromatic N) is 1. The number of aromatic nitrogens is 1. The van der Waals surface area contributed by atoms with Gasteiger partial charge in [0.1, 0.15) is 5.52 Å². The zero-order chi connectivity index (χ0) is 13.6. The van der Waals surface area contributed by atoms with Crippen LogP contribution in [0, 0.1) is 0 Å². The van der Waals surface area contributed by atoms with Gasteiger partial charge in [-0.15, -0.1) is 0 Å². The Hall–Kier alpha value is -1.61. The number of hydrogen-bond acceptors (Lipinski definition) is 2. The second-order valence-corrected chi connectivity index (χ2v) is 6.34. The molecule has 1 aliphatic carbocycles. The molecule has 0 bridgehead atoms. The van der Waals surface area contributed by atoms with E-state index in [1.165, 1.54) is 12.0 Å². The Bertz CT molecular complexity index is 723. The van der Waals surface area contributed by atoms with Gasteiger partial charge >= 0.3 is 0 Å². The van der Waals surface area contributed by atoms with Crippen LogP contribution in [0.25, 0.3) is 11.1 Å². The number of halogens is 1. The van der Waals surface area contributed by atoms with Gasteiger partial charge in [-0.25, -0.2) is 4.98 Å². The number of rotatable bonds is 2. The Balaban J connectivity index is 1.86. The smallest absolute Gasteiger partial charge is 0.206 e. The molecule has 0 N–H and O–H groups in total. The van der Waals surface area contributed by atoms with Crippen LogP contribution in [0.3, 0.4) is 0 Å². The molecular formula is C17H14BrNO. The van der Waals surface area contributed by atoms with Crippen molar-refractivity contribution in [3.63, 3.8) is 0 Å². The zero-order valence-electron chi connectivity index (χ0n) is 11.0. The highest BCUT2D eigenvalue weighted by atomic mass is 79.9. The fraction of sp³-hybridized carbons (Fsp3) is 0.235. The molecule has 1 saturated carbocycles. The van der Waals surface area contributed by atoms with E-state index in [9.17, 15) is 0 Å². The van der Waals surface area contributed by atoms with Crippen LogP contribution in [0.5, 0.6) is 0 Å². The molecule has 3 aromatic rings. The molecule has 0 atom stereocenters. The maximum absolute atomic E-state index is 6.04. The standard InChI is InChI=1S/C17H14BrNO/c18-13-8-6-12(7-9-13)17(10-3-11-17)16-19-14-4-1-2-5-15(14)20-16/h1-2,4-9H,3,10-11H2. The minimum atomic E-state index is -0.0281. The van der Waals surface area contributed by atoms with Gasteiger partial charge in [-0.2, -0.15) is 0 Å². The molecule has 2 nitrogen and oxygen atoms in total. The van der Waals surface area contributed by atoms with Gasteiger partial charge in [0, 0.05) is 4.47 Å². The third-order valence-corrected chi connectivity index (χ3v) is 4.84. The predicted octanol–water partition coefficient (Wildman–Crippen LogP) is 5.06. The summed E-state index contributed by atoms with van der Waals surface area (Å²) in [7, 11) is 0. The molecule has 20 heavy (non-hydrogen) atoms. The van der Waals surface area contributed by atoms with Gasteiger partial charge in [0.15, 0.2) is 5.58 Å². The lowest BCUT2D eigenvalue weighted by atomic mass is 9.64. The van der Waals surface area contributed by atoms with Crippen molar-refractivity contribution < 1.29 is 4.42 Å². The summed E-state index contributed by atoms with van der Waals surface area (Å²) >= 11 is 3.50. The minimum absolute atomic E-state index is 0.0281. The van der Waals surface area contributed by atoms with E-state index < -0.39 is 0 Å². The van der Waals surface area contributed by atoms with E-state index in [4.69, 9.17) is 9.40 Å². The van der Waals surface area contributed by atoms with Gasteiger partial charge < -0.3 is 4.42 Å². The van der Waals surface area contributed by atoms with Crippen LogP contribution in [0.15, 0.2) is 57.4 Å². The van der Waals surface area contributed by atoms with Crippen LogP contribution in [0.4, 0.5) is 0 Å². The average Bonchev–Trinajstić information content (AvgIpc) is 2.83. The molecule has 0 spiro atoms. The fourth-order valence-electron chi connectivity index (χ4n) is 3.00. The summed E-state index contributed by atoms with van der Waals surface area (Å²) in [6.45, 7) is 0. The lowest BCUT2D eigenvalue weighted by molar-refractivity contribution is 0.244. The molecule has 0 saturated heterocycles. The molecule has 1 aliphatic rings. The third kappa shape index (κ3) is 1.73. The van der Waals surface area contributed by atoms with E-state index in [2.05, 4.69) is 40.2 Å². The van der Waals surface area contributed by atoms with E-state index in [1.54, 1.807) is 0 Å². The predicted molar refractivity (Wildman–Crippen MR) is 82.8 cm³/mol. The molecule has 2 aromatic carbocycles. The van der Waals surface area contributed by atoms with E-state index in [0.717, 1.165) is 34.3 Å². The second kappa shape index (κ2) is 4.45. The molecule has 1 heterocycles. The van der Waals surface area contributed by atoms with Crippen LogP contribution in [0.1, 0.15) is 30.7 Å². The summed E-state index contributed by atoms with van der Waals surface area (Å²) < 4.78 is 7.14. The van der Waals surface area contributed by atoms with Gasteiger partial charge in [-0.05, 0) is 42.7 Å². The van der Waals surface area contributed by atoms with Crippen LogP contribution < -0.4 is 0 Å². The van der Waals surface area contributed by atoms with Gasteiger partial charge in [-0.3, -0.25) is 0 Å². The fourth-order valence-corrected chi connectivity index (χ4v) is 3.27. The molecule has 0 radical (unpaired) electrons. The van der Waals surface area contributed by atoms with E-state index in [0.29, 0.717) is 0 Å². The van der Waals surface area contributed by atoms with Crippen molar-refractivity contribution in [2.24, 2.45) is 0 Å². The first-order chi connectivity index (χ1) is 9.78. The highest BCUT2D eigenvalue weighted by Crippen LogP contribution is 2.49. The summed E-state index contributed by atoms with van der Waals surface area (Å²) in [4.78, 5) is 4.73. The highest BCUT2D eigenvalue weighted by molar-refractivity contribution is 9.10. The summed E-state index contributed by atoms with van der Waals surface area (Å²) in [5, 5.41) is 0. The number of hydrogen-bond donors (Lipinski definition) is 0. The van der Waals surface area contributed by atoms with Crippen LogP contribution >= 0.6 is 15.9 Å². The van der Waals surface area contributed by atoms with Crippen LogP contribution in [0.2, 0.25) is 0 Å². The quantitative estimate of drug-likeness (QED) is 0.657. The first kappa shape index (κ1) is 12.2. The molecule has 0 amide bonds. The van der Waals surface area contributed by atoms with Crippen LogP contribution in [-0.4, -0.2) is 4.98 Å². The van der Waals surface area contributed by atoms with Crippen LogP contribution in [-0.2, 0) is 5.41 Å². The molecule has 100 valence electrons. The second-order valence-electron chi connectivity index (χ2n) is 5.43. The van der Waals surface area contributed by atoms with E-state index >= 15 is 0 Å². The lowest BCUT2D eigenvalue weighted by Gasteiger charge is -2.39. The number of oxazole rings is 1. The topological polar surface area (TPSA) is 26.0 Å². The average molecular weight is 328 g/mol. The van der Waals surface area contributed by atoms with E-state index in [1.807, 2.05) is 24.3 Å². The zero-order valence-corrected chi connectivity index (χ0v) is 12.6. The Morgan fingerprint density at radius 1 is 1.00 bits per heavy atom. The first-order valence-electron chi connectivity index (χ1n) is 6.90. The van der Waals surface area contributed by atoms with Crippen molar-refractivity contribution in [1.29, 1.82) is 0 Å². The summed E-state index contributed by atoms with van der Waals surface area (Å²) in [6, 6.07) is 16.5. The van der Waals surface area contributed by atoms with Crippen molar-refractivity contribution in [2.75, 3.05) is 0 Å². The Morgan fingerprint density at radius 2 is 1.75 bits per heavy atom. The SMILES string of the molecule is Brc1ccc(C2(c3nc4ccccc4o3)CCC2)cc1. The summed E-state index contributed by atoms with van der Waals surface area (Å²) in [5.41, 5.74) is 3.11.